The van der Waals surface area contributed by atoms with Gasteiger partial charge in [-0.15, -0.1) is 10.2 Å². The predicted octanol–water partition coefficient (Wildman–Crippen LogP) is 4.46. The Kier molecular flexibility index (Phi) is 4.98. The molecule has 1 saturated carbocycles. The standard InChI is InChI=1S/C24H23N5O3S/c1-14(15-6-9-20-21(10-15)32-13-31-20)26-22(30)12-33-24-28-27-23(29(24)16-7-8-16)18-11-25-19-5-3-2-4-17(18)19/h2-6,9-11,14,16,25H,7-8,12-13H2,1H3,(H,26,30)/t14-/m1/s1. The summed E-state index contributed by atoms with van der Waals surface area (Å²) in [5.41, 5.74) is 3.09. The lowest BCUT2D eigenvalue weighted by Gasteiger charge is -2.15. The first-order chi connectivity index (χ1) is 16.2. The fourth-order valence-electron chi connectivity index (χ4n) is 4.16. The molecule has 4 aromatic rings. The number of nitrogens with zero attached hydrogens (tertiary/aromatic N) is 3. The number of rotatable bonds is 7. The molecule has 0 bridgehead atoms. The minimum absolute atomic E-state index is 0.0517. The Labute approximate surface area is 194 Å². The Morgan fingerprint density at radius 1 is 1.21 bits per heavy atom. The molecule has 1 amide bonds. The minimum atomic E-state index is -0.143. The molecule has 33 heavy (non-hydrogen) atoms. The first kappa shape index (κ1) is 20.2. The van der Waals surface area contributed by atoms with Crippen molar-refractivity contribution in [3.05, 3.63) is 54.2 Å². The second-order valence-corrected chi connectivity index (χ2v) is 9.29. The summed E-state index contributed by atoms with van der Waals surface area (Å²) in [4.78, 5) is 16.0. The summed E-state index contributed by atoms with van der Waals surface area (Å²) in [7, 11) is 0. The Morgan fingerprint density at radius 3 is 2.94 bits per heavy atom. The molecule has 2 aliphatic rings. The van der Waals surface area contributed by atoms with Crippen LogP contribution in [0.3, 0.4) is 0 Å². The number of hydrogen-bond acceptors (Lipinski definition) is 6. The van der Waals surface area contributed by atoms with Crippen LogP contribution >= 0.6 is 11.8 Å². The van der Waals surface area contributed by atoms with E-state index >= 15 is 0 Å². The Hall–Kier alpha value is -3.46. The van der Waals surface area contributed by atoms with Gasteiger partial charge in [0, 0.05) is 28.7 Å². The van der Waals surface area contributed by atoms with Crippen LogP contribution in [0.2, 0.25) is 0 Å². The van der Waals surface area contributed by atoms with Crippen LogP contribution in [0, 0.1) is 0 Å². The van der Waals surface area contributed by atoms with Gasteiger partial charge >= 0.3 is 0 Å². The van der Waals surface area contributed by atoms with E-state index in [2.05, 4.69) is 37.2 Å². The zero-order valence-corrected chi connectivity index (χ0v) is 18.9. The number of H-pyrrole nitrogens is 1. The quantitative estimate of drug-likeness (QED) is 0.395. The molecule has 1 aliphatic heterocycles. The number of amides is 1. The maximum atomic E-state index is 12.7. The Balaban J connectivity index is 1.16. The number of carbonyl (C=O) groups excluding carboxylic acids is 1. The average molecular weight is 462 g/mol. The van der Waals surface area contributed by atoms with Crippen molar-refractivity contribution >= 4 is 28.6 Å². The van der Waals surface area contributed by atoms with Crippen molar-refractivity contribution in [2.45, 2.75) is 37.0 Å². The van der Waals surface area contributed by atoms with Crippen LogP contribution in [0.5, 0.6) is 11.5 Å². The number of fused-ring (bicyclic) bond motifs is 2. The molecule has 2 aromatic carbocycles. The van der Waals surface area contributed by atoms with Gasteiger partial charge in [-0.05, 0) is 43.5 Å². The molecule has 1 fully saturated rings. The van der Waals surface area contributed by atoms with E-state index in [1.54, 1.807) is 0 Å². The van der Waals surface area contributed by atoms with Crippen molar-refractivity contribution in [1.82, 2.24) is 25.1 Å². The van der Waals surface area contributed by atoms with Gasteiger partial charge in [0.2, 0.25) is 12.7 Å². The summed E-state index contributed by atoms with van der Waals surface area (Å²) < 4.78 is 13.0. The molecule has 0 spiro atoms. The summed E-state index contributed by atoms with van der Waals surface area (Å²) >= 11 is 1.43. The van der Waals surface area contributed by atoms with Crippen molar-refractivity contribution in [3.63, 3.8) is 0 Å². The predicted molar refractivity (Wildman–Crippen MR) is 125 cm³/mol. The third-order valence-electron chi connectivity index (χ3n) is 6.01. The highest BCUT2D eigenvalue weighted by Crippen LogP contribution is 2.42. The zero-order valence-electron chi connectivity index (χ0n) is 18.1. The fraction of sp³-hybridized carbons (Fsp3) is 0.292. The van der Waals surface area contributed by atoms with Crippen molar-refractivity contribution in [2.24, 2.45) is 0 Å². The molecule has 3 heterocycles. The SMILES string of the molecule is C[C@@H](NC(=O)CSc1nnc(-c2c[nH]c3ccccc23)n1C1CC1)c1ccc2c(c1)OCO2. The van der Waals surface area contributed by atoms with E-state index in [4.69, 9.17) is 9.47 Å². The Morgan fingerprint density at radius 2 is 2.06 bits per heavy atom. The molecule has 0 radical (unpaired) electrons. The normalized spacial score (nSPS) is 15.7. The number of benzene rings is 2. The van der Waals surface area contributed by atoms with Gasteiger partial charge in [0.1, 0.15) is 0 Å². The third kappa shape index (κ3) is 3.82. The van der Waals surface area contributed by atoms with Gasteiger partial charge in [-0.3, -0.25) is 9.36 Å². The summed E-state index contributed by atoms with van der Waals surface area (Å²) in [5.74, 6) is 2.52. The number of ether oxygens (including phenoxy) is 2. The van der Waals surface area contributed by atoms with Crippen LogP contribution in [0.4, 0.5) is 0 Å². The summed E-state index contributed by atoms with van der Waals surface area (Å²) in [6.45, 7) is 2.19. The van der Waals surface area contributed by atoms with E-state index in [1.165, 1.54) is 11.8 Å². The van der Waals surface area contributed by atoms with Gasteiger partial charge < -0.3 is 19.8 Å². The third-order valence-corrected chi connectivity index (χ3v) is 6.96. The molecule has 0 unspecified atom stereocenters. The van der Waals surface area contributed by atoms with Crippen LogP contribution < -0.4 is 14.8 Å². The molecule has 0 saturated heterocycles. The van der Waals surface area contributed by atoms with Crippen LogP contribution in [0.15, 0.2) is 53.8 Å². The molecule has 1 aliphatic carbocycles. The molecular formula is C24H23N5O3S. The van der Waals surface area contributed by atoms with Gasteiger partial charge in [0.15, 0.2) is 22.5 Å². The van der Waals surface area contributed by atoms with E-state index in [-0.39, 0.29) is 24.5 Å². The lowest BCUT2D eigenvalue weighted by atomic mass is 10.1. The van der Waals surface area contributed by atoms with Gasteiger partial charge in [-0.25, -0.2) is 0 Å². The molecular weight excluding hydrogens is 438 g/mol. The molecule has 1 atom stereocenters. The number of aromatic amines is 1. The van der Waals surface area contributed by atoms with Crippen molar-refractivity contribution < 1.29 is 14.3 Å². The number of nitrogens with one attached hydrogen (secondary N) is 2. The molecule has 168 valence electrons. The number of thioether (sulfide) groups is 1. The van der Waals surface area contributed by atoms with E-state index in [9.17, 15) is 4.79 Å². The highest BCUT2D eigenvalue weighted by atomic mass is 32.2. The van der Waals surface area contributed by atoms with E-state index in [1.807, 2.05) is 43.5 Å². The maximum absolute atomic E-state index is 12.7. The number of carbonyl (C=O) groups is 1. The van der Waals surface area contributed by atoms with Crippen molar-refractivity contribution in [3.8, 4) is 22.9 Å². The second kappa shape index (κ2) is 8.15. The smallest absolute Gasteiger partial charge is 0.231 e. The van der Waals surface area contributed by atoms with Gasteiger partial charge in [-0.2, -0.15) is 0 Å². The van der Waals surface area contributed by atoms with Crippen LogP contribution in [-0.4, -0.2) is 38.2 Å². The van der Waals surface area contributed by atoms with Crippen molar-refractivity contribution in [2.75, 3.05) is 12.5 Å². The Bertz CT molecular complexity index is 1340. The summed E-state index contributed by atoms with van der Waals surface area (Å²) in [6, 6.07) is 14.2. The monoisotopic (exact) mass is 461 g/mol. The van der Waals surface area contributed by atoms with Crippen molar-refractivity contribution in [1.29, 1.82) is 0 Å². The van der Waals surface area contributed by atoms with E-state index < -0.39 is 0 Å². The van der Waals surface area contributed by atoms with E-state index in [0.29, 0.717) is 11.8 Å². The number of para-hydroxylation sites is 1. The number of hydrogen-bond donors (Lipinski definition) is 2. The topological polar surface area (TPSA) is 94.1 Å². The maximum Gasteiger partial charge on any atom is 0.231 e. The van der Waals surface area contributed by atoms with Gasteiger partial charge in [0.05, 0.1) is 11.8 Å². The summed E-state index contributed by atoms with van der Waals surface area (Å²) in [6.07, 6.45) is 4.20. The second-order valence-electron chi connectivity index (χ2n) is 8.35. The van der Waals surface area contributed by atoms with Crippen LogP contribution in [0.1, 0.15) is 37.4 Å². The zero-order chi connectivity index (χ0) is 22.4. The molecule has 9 heteroatoms. The first-order valence-corrected chi connectivity index (χ1v) is 12.0. The molecule has 2 N–H and O–H groups in total. The van der Waals surface area contributed by atoms with Crippen LogP contribution in [0.25, 0.3) is 22.3 Å². The molecule has 8 nitrogen and oxygen atoms in total. The first-order valence-electron chi connectivity index (χ1n) is 11.0. The van der Waals surface area contributed by atoms with Gasteiger partial charge in [-0.1, -0.05) is 36.0 Å². The van der Waals surface area contributed by atoms with Crippen LogP contribution in [-0.2, 0) is 4.79 Å². The minimum Gasteiger partial charge on any atom is -0.454 e. The average Bonchev–Trinajstić information content (AvgIpc) is 3.23. The van der Waals surface area contributed by atoms with E-state index in [0.717, 1.165) is 51.6 Å². The lowest BCUT2D eigenvalue weighted by molar-refractivity contribution is -0.119. The molecule has 2 aromatic heterocycles. The molecule has 6 rings (SSSR count). The fourth-order valence-corrected chi connectivity index (χ4v) is 4.97. The number of aromatic nitrogens is 4. The largest absolute Gasteiger partial charge is 0.454 e. The highest BCUT2D eigenvalue weighted by molar-refractivity contribution is 7.99. The summed E-state index contributed by atoms with van der Waals surface area (Å²) in [5, 5.41) is 13.9. The van der Waals surface area contributed by atoms with Gasteiger partial charge in [0.25, 0.3) is 0 Å². The lowest BCUT2D eigenvalue weighted by Crippen LogP contribution is -2.28. The highest BCUT2D eigenvalue weighted by Gasteiger charge is 2.31.